The Bertz CT molecular complexity index is 3140. The average Bonchev–Trinajstić information content (AvgIpc) is 3.86. The number of aromatic nitrogens is 2. The summed E-state index contributed by atoms with van der Waals surface area (Å²) in [5, 5.41) is 7.20. The zero-order valence-electron chi connectivity index (χ0n) is 27.6. The standard InChI is InChI=1S/C48H30N2O/c1-2-13-31(14-3-1)32-15-10-16-33(29-32)35-20-11-23-42-47(35)37-18-4-8-22-41(37)50(42)44-25-12-24-43-48(44)38-19-5-7-21-40(38)49(43)34-27-28-46-39(30-34)36-17-6-9-26-45(36)51-46/h1-30H. The SMILES string of the molecule is c1ccc(-c2cccc(-c3cccc4c3c3ccccc3n4-c3cccc4c3c3ccccc3n4-c3ccc4oc5ccccc5c4c3)c2)cc1. The van der Waals surface area contributed by atoms with Crippen LogP contribution in [0.1, 0.15) is 0 Å². The van der Waals surface area contributed by atoms with Crippen molar-refractivity contribution >= 4 is 65.6 Å². The molecule has 11 aromatic rings. The third-order valence-corrected chi connectivity index (χ3v) is 10.5. The molecule has 0 saturated heterocycles. The monoisotopic (exact) mass is 650 g/mol. The molecule has 3 aromatic heterocycles. The summed E-state index contributed by atoms with van der Waals surface area (Å²) >= 11 is 0. The molecule has 3 heteroatoms. The maximum Gasteiger partial charge on any atom is 0.135 e. The molecular formula is C48H30N2O. The van der Waals surface area contributed by atoms with Crippen molar-refractivity contribution in [3.05, 3.63) is 182 Å². The fourth-order valence-corrected chi connectivity index (χ4v) is 8.33. The van der Waals surface area contributed by atoms with Gasteiger partial charge >= 0.3 is 0 Å². The first kappa shape index (κ1) is 28.0. The lowest BCUT2D eigenvalue weighted by atomic mass is 9.96. The largest absolute Gasteiger partial charge is 0.456 e. The van der Waals surface area contributed by atoms with Gasteiger partial charge in [0.1, 0.15) is 11.2 Å². The summed E-state index contributed by atoms with van der Waals surface area (Å²) in [5.74, 6) is 0. The first-order valence-corrected chi connectivity index (χ1v) is 17.4. The summed E-state index contributed by atoms with van der Waals surface area (Å²) in [6.45, 7) is 0. The zero-order valence-corrected chi connectivity index (χ0v) is 27.6. The molecule has 0 bridgehead atoms. The van der Waals surface area contributed by atoms with Crippen molar-refractivity contribution in [2.75, 3.05) is 0 Å². The molecule has 0 unspecified atom stereocenters. The van der Waals surface area contributed by atoms with Crippen LogP contribution in [0.4, 0.5) is 0 Å². The number of nitrogens with zero attached hydrogens (tertiary/aromatic N) is 2. The first-order chi connectivity index (χ1) is 25.3. The second kappa shape index (κ2) is 10.8. The second-order valence-corrected chi connectivity index (χ2v) is 13.3. The molecule has 0 aliphatic heterocycles. The van der Waals surface area contributed by atoms with Crippen LogP contribution in [0, 0.1) is 0 Å². The summed E-state index contributed by atoms with van der Waals surface area (Å²) in [7, 11) is 0. The highest BCUT2D eigenvalue weighted by Gasteiger charge is 2.21. The van der Waals surface area contributed by atoms with Crippen LogP contribution >= 0.6 is 0 Å². The zero-order chi connectivity index (χ0) is 33.5. The topological polar surface area (TPSA) is 23.0 Å². The molecule has 0 aliphatic rings. The maximum absolute atomic E-state index is 6.21. The Morgan fingerprint density at radius 1 is 0.333 bits per heavy atom. The van der Waals surface area contributed by atoms with Gasteiger partial charge in [-0.1, -0.05) is 121 Å². The summed E-state index contributed by atoms with van der Waals surface area (Å²) in [6.07, 6.45) is 0. The summed E-state index contributed by atoms with van der Waals surface area (Å²) in [6, 6.07) is 65.5. The molecule has 3 heterocycles. The number of para-hydroxylation sites is 3. The minimum absolute atomic E-state index is 0.900. The Hall–Kier alpha value is -6.84. The lowest BCUT2D eigenvalue weighted by molar-refractivity contribution is 0.669. The highest BCUT2D eigenvalue weighted by Crippen LogP contribution is 2.43. The molecule has 0 fully saturated rings. The van der Waals surface area contributed by atoms with E-state index in [1.807, 2.05) is 12.1 Å². The van der Waals surface area contributed by atoms with Crippen LogP contribution < -0.4 is 0 Å². The van der Waals surface area contributed by atoms with Crippen LogP contribution in [0.3, 0.4) is 0 Å². The average molecular weight is 651 g/mol. The number of fused-ring (bicyclic) bond motifs is 9. The molecule has 51 heavy (non-hydrogen) atoms. The quantitative estimate of drug-likeness (QED) is 0.186. The van der Waals surface area contributed by atoms with E-state index in [0.29, 0.717) is 0 Å². The smallest absolute Gasteiger partial charge is 0.135 e. The lowest BCUT2D eigenvalue weighted by Crippen LogP contribution is -1.96. The van der Waals surface area contributed by atoms with Gasteiger partial charge in [0.15, 0.2) is 0 Å². The van der Waals surface area contributed by atoms with E-state index in [2.05, 4.69) is 179 Å². The fraction of sp³-hybridized carbons (Fsp3) is 0. The highest BCUT2D eigenvalue weighted by molar-refractivity contribution is 6.19. The fourth-order valence-electron chi connectivity index (χ4n) is 8.33. The number of furan rings is 1. The number of hydrogen-bond acceptors (Lipinski definition) is 1. The molecule has 0 spiro atoms. The van der Waals surface area contributed by atoms with Gasteiger partial charge in [-0.3, -0.25) is 0 Å². The van der Waals surface area contributed by atoms with Crippen molar-refractivity contribution < 1.29 is 4.42 Å². The molecule has 0 amide bonds. The predicted octanol–water partition coefficient (Wildman–Crippen LogP) is 13.1. The van der Waals surface area contributed by atoms with Crippen LogP contribution in [0.2, 0.25) is 0 Å². The van der Waals surface area contributed by atoms with E-state index >= 15 is 0 Å². The third kappa shape index (κ3) is 4.12. The van der Waals surface area contributed by atoms with E-state index in [4.69, 9.17) is 4.42 Å². The molecule has 0 atom stereocenters. The maximum atomic E-state index is 6.21. The van der Waals surface area contributed by atoms with Crippen LogP contribution in [0.25, 0.3) is 99.2 Å². The van der Waals surface area contributed by atoms with E-state index in [-0.39, 0.29) is 0 Å². The van der Waals surface area contributed by atoms with Gasteiger partial charge in [-0.25, -0.2) is 0 Å². The lowest BCUT2D eigenvalue weighted by Gasteiger charge is -2.12. The van der Waals surface area contributed by atoms with Crippen LogP contribution in [0.15, 0.2) is 186 Å². The molecule has 238 valence electrons. The number of hydrogen-bond donors (Lipinski definition) is 0. The van der Waals surface area contributed by atoms with Gasteiger partial charge in [0, 0.05) is 38.0 Å². The molecule has 0 radical (unpaired) electrons. The number of rotatable bonds is 4. The van der Waals surface area contributed by atoms with Crippen molar-refractivity contribution in [2.45, 2.75) is 0 Å². The van der Waals surface area contributed by atoms with Crippen molar-refractivity contribution in [3.8, 4) is 33.6 Å². The third-order valence-electron chi connectivity index (χ3n) is 10.5. The Balaban J connectivity index is 1.19. The van der Waals surface area contributed by atoms with Crippen LogP contribution in [0.5, 0.6) is 0 Å². The van der Waals surface area contributed by atoms with Gasteiger partial charge in [-0.05, 0) is 82.9 Å². The van der Waals surface area contributed by atoms with E-state index < -0.39 is 0 Å². The molecule has 0 aliphatic carbocycles. The Morgan fingerprint density at radius 2 is 0.922 bits per heavy atom. The van der Waals surface area contributed by atoms with E-state index in [1.165, 1.54) is 71.6 Å². The Kier molecular flexibility index (Phi) is 5.96. The van der Waals surface area contributed by atoms with E-state index in [1.54, 1.807) is 0 Å². The van der Waals surface area contributed by atoms with Crippen LogP contribution in [-0.4, -0.2) is 9.13 Å². The summed E-state index contributed by atoms with van der Waals surface area (Å²) < 4.78 is 11.1. The van der Waals surface area contributed by atoms with Crippen molar-refractivity contribution in [2.24, 2.45) is 0 Å². The van der Waals surface area contributed by atoms with Crippen molar-refractivity contribution in [1.82, 2.24) is 9.13 Å². The molecule has 8 aromatic carbocycles. The van der Waals surface area contributed by atoms with Crippen molar-refractivity contribution in [1.29, 1.82) is 0 Å². The van der Waals surface area contributed by atoms with Gasteiger partial charge in [-0.15, -0.1) is 0 Å². The molecule has 0 saturated carbocycles. The van der Waals surface area contributed by atoms with Gasteiger partial charge in [0.25, 0.3) is 0 Å². The van der Waals surface area contributed by atoms with Crippen LogP contribution in [-0.2, 0) is 0 Å². The molecule has 3 nitrogen and oxygen atoms in total. The summed E-state index contributed by atoms with van der Waals surface area (Å²) in [4.78, 5) is 0. The second-order valence-electron chi connectivity index (χ2n) is 13.3. The molecule has 11 rings (SSSR count). The van der Waals surface area contributed by atoms with Gasteiger partial charge < -0.3 is 13.6 Å². The first-order valence-electron chi connectivity index (χ1n) is 17.4. The van der Waals surface area contributed by atoms with Gasteiger partial charge in [0.05, 0.1) is 27.8 Å². The predicted molar refractivity (Wildman–Crippen MR) is 213 cm³/mol. The minimum Gasteiger partial charge on any atom is -0.456 e. The van der Waals surface area contributed by atoms with E-state index in [9.17, 15) is 0 Å². The highest BCUT2D eigenvalue weighted by atomic mass is 16.3. The van der Waals surface area contributed by atoms with E-state index in [0.717, 1.165) is 27.6 Å². The molecular weight excluding hydrogens is 621 g/mol. The Morgan fingerprint density at radius 3 is 1.76 bits per heavy atom. The Labute approximate surface area is 293 Å². The van der Waals surface area contributed by atoms with Gasteiger partial charge in [-0.2, -0.15) is 0 Å². The van der Waals surface area contributed by atoms with Gasteiger partial charge in [0.2, 0.25) is 0 Å². The minimum atomic E-state index is 0.900. The number of benzene rings is 8. The summed E-state index contributed by atoms with van der Waals surface area (Å²) in [5.41, 5.74) is 13.7. The van der Waals surface area contributed by atoms with Crippen molar-refractivity contribution in [3.63, 3.8) is 0 Å². The normalized spacial score (nSPS) is 11.9. The molecule has 0 N–H and O–H groups in total.